The Labute approximate surface area is 186 Å². The van der Waals surface area contributed by atoms with Crippen molar-refractivity contribution in [2.45, 2.75) is 13.8 Å². The van der Waals surface area contributed by atoms with Crippen molar-refractivity contribution in [1.29, 1.82) is 0 Å². The fraction of sp³-hybridized carbons (Fsp3) is 0.0870. The van der Waals surface area contributed by atoms with Gasteiger partial charge in [0.15, 0.2) is 0 Å². The summed E-state index contributed by atoms with van der Waals surface area (Å²) >= 11 is 3.42. The summed E-state index contributed by atoms with van der Waals surface area (Å²) in [5.74, 6) is -2.04. The van der Waals surface area contributed by atoms with Crippen LogP contribution in [0, 0.1) is 19.7 Å². The third-order valence-electron chi connectivity index (χ3n) is 5.04. The van der Waals surface area contributed by atoms with Crippen LogP contribution in [-0.2, 0) is 9.59 Å². The molecule has 0 atom stereocenters. The molecule has 1 aromatic heterocycles. The van der Waals surface area contributed by atoms with E-state index in [1.165, 1.54) is 18.2 Å². The number of aryl methyl sites for hydroxylation is 1. The number of halogens is 2. The summed E-state index contributed by atoms with van der Waals surface area (Å²) < 4.78 is 16.2. The van der Waals surface area contributed by atoms with Gasteiger partial charge >= 0.3 is 6.03 Å². The van der Waals surface area contributed by atoms with E-state index in [9.17, 15) is 18.8 Å². The SMILES string of the molecule is Cc1cc(C=C2C(=O)NC(=O)N(c3ccc(F)cc3)C2=O)c(C)n1-c1ccc(Br)cc1. The van der Waals surface area contributed by atoms with E-state index in [1.807, 2.05) is 48.7 Å². The number of nitrogens with zero attached hydrogens (tertiary/aromatic N) is 2. The molecule has 2 heterocycles. The highest BCUT2D eigenvalue weighted by Gasteiger charge is 2.37. The number of nitrogens with one attached hydrogen (secondary N) is 1. The molecule has 8 heteroatoms. The number of hydrogen-bond donors (Lipinski definition) is 1. The number of rotatable bonds is 3. The zero-order valence-electron chi connectivity index (χ0n) is 16.6. The van der Waals surface area contributed by atoms with Gasteiger partial charge in [0.2, 0.25) is 0 Å². The third-order valence-corrected chi connectivity index (χ3v) is 5.57. The highest BCUT2D eigenvalue weighted by molar-refractivity contribution is 9.10. The molecule has 1 aliphatic rings. The Morgan fingerprint density at radius 1 is 0.935 bits per heavy atom. The number of urea groups is 1. The van der Waals surface area contributed by atoms with Gasteiger partial charge < -0.3 is 4.57 Å². The molecule has 2 aromatic carbocycles. The number of amides is 4. The minimum atomic E-state index is -0.876. The van der Waals surface area contributed by atoms with E-state index in [0.717, 1.165) is 38.6 Å². The van der Waals surface area contributed by atoms with Crippen LogP contribution in [-0.4, -0.2) is 22.4 Å². The Kier molecular flexibility index (Phi) is 5.32. The van der Waals surface area contributed by atoms with Crippen LogP contribution in [0.2, 0.25) is 0 Å². The third kappa shape index (κ3) is 3.82. The predicted octanol–water partition coefficient (Wildman–Crippen LogP) is 4.66. The first-order valence-electron chi connectivity index (χ1n) is 9.38. The van der Waals surface area contributed by atoms with E-state index < -0.39 is 23.7 Å². The van der Waals surface area contributed by atoms with Gasteiger partial charge in [-0.1, -0.05) is 15.9 Å². The number of benzene rings is 2. The van der Waals surface area contributed by atoms with E-state index in [4.69, 9.17) is 0 Å². The molecule has 6 nitrogen and oxygen atoms in total. The van der Waals surface area contributed by atoms with Gasteiger partial charge in [-0.05, 0) is 80.1 Å². The summed E-state index contributed by atoms with van der Waals surface area (Å²) in [5, 5.41) is 2.18. The summed E-state index contributed by atoms with van der Waals surface area (Å²) in [4.78, 5) is 38.6. The molecular formula is C23H17BrFN3O3. The molecule has 0 radical (unpaired) electrons. The highest BCUT2D eigenvalue weighted by atomic mass is 79.9. The molecule has 0 saturated carbocycles. The summed E-state index contributed by atoms with van der Waals surface area (Å²) in [6, 6.07) is 13.6. The largest absolute Gasteiger partial charge is 0.335 e. The zero-order valence-corrected chi connectivity index (χ0v) is 18.2. The smallest absolute Gasteiger partial charge is 0.318 e. The van der Waals surface area contributed by atoms with Crippen molar-refractivity contribution in [3.63, 3.8) is 0 Å². The zero-order chi connectivity index (χ0) is 22.3. The molecule has 1 saturated heterocycles. The molecule has 3 aromatic rings. The lowest BCUT2D eigenvalue weighted by atomic mass is 10.1. The first-order valence-corrected chi connectivity index (χ1v) is 10.2. The van der Waals surface area contributed by atoms with Gasteiger partial charge in [-0.3, -0.25) is 14.9 Å². The molecule has 4 rings (SSSR count). The van der Waals surface area contributed by atoms with Crippen molar-refractivity contribution in [2.24, 2.45) is 0 Å². The lowest BCUT2D eigenvalue weighted by molar-refractivity contribution is -0.122. The molecule has 156 valence electrons. The normalized spacial score (nSPS) is 15.5. The maximum absolute atomic E-state index is 13.2. The Hall–Kier alpha value is -3.52. The molecular weight excluding hydrogens is 465 g/mol. The van der Waals surface area contributed by atoms with E-state index in [0.29, 0.717) is 5.56 Å². The van der Waals surface area contributed by atoms with Crippen molar-refractivity contribution in [2.75, 3.05) is 4.90 Å². The van der Waals surface area contributed by atoms with Crippen LogP contribution in [0.5, 0.6) is 0 Å². The van der Waals surface area contributed by atoms with Crippen LogP contribution in [0.4, 0.5) is 14.9 Å². The minimum absolute atomic E-state index is 0.169. The number of carbonyl (C=O) groups is 3. The van der Waals surface area contributed by atoms with Gasteiger partial charge in [-0.15, -0.1) is 0 Å². The van der Waals surface area contributed by atoms with E-state index in [-0.39, 0.29) is 11.3 Å². The summed E-state index contributed by atoms with van der Waals surface area (Å²) in [5.41, 5.74) is 3.35. The van der Waals surface area contributed by atoms with Crippen LogP contribution in [0.3, 0.4) is 0 Å². The molecule has 4 amide bonds. The average molecular weight is 482 g/mol. The van der Waals surface area contributed by atoms with Gasteiger partial charge in [0.1, 0.15) is 11.4 Å². The van der Waals surface area contributed by atoms with Crippen LogP contribution in [0.15, 0.2) is 64.6 Å². The maximum Gasteiger partial charge on any atom is 0.335 e. The van der Waals surface area contributed by atoms with Crippen molar-refractivity contribution in [1.82, 2.24) is 9.88 Å². The van der Waals surface area contributed by atoms with Crippen molar-refractivity contribution in [3.05, 3.63) is 87.4 Å². The molecule has 31 heavy (non-hydrogen) atoms. The first kappa shape index (κ1) is 20.7. The number of imide groups is 2. The molecule has 1 fully saturated rings. The van der Waals surface area contributed by atoms with Crippen LogP contribution in [0.1, 0.15) is 17.0 Å². The van der Waals surface area contributed by atoms with E-state index in [2.05, 4.69) is 21.2 Å². The summed E-state index contributed by atoms with van der Waals surface area (Å²) in [6.07, 6.45) is 1.47. The lowest BCUT2D eigenvalue weighted by Crippen LogP contribution is -2.54. The maximum atomic E-state index is 13.2. The summed E-state index contributed by atoms with van der Waals surface area (Å²) in [7, 11) is 0. The van der Waals surface area contributed by atoms with Crippen molar-refractivity contribution >= 4 is 45.5 Å². The highest BCUT2D eigenvalue weighted by Crippen LogP contribution is 2.26. The van der Waals surface area contributed by atoms with Gasteiger partial charge in [-0.25, -0.2) is 14.1 Å². The molecule has 0 unspecified atom stereocenters. The molecule has 0 bridgehead atoms. The quantitative estimate of drug-likeness (QED) is 0.436. The van der Waals surface area contributed by atoms with Gasteiger partial charge in [0, 0.05) is 21.5 Å². The second-order valence-corrected chi connectivity index (χ2v) is 7.99. The second-order valence-electron chi connectivity index (χ2n) is 7.07. The van der Waals surface area contributed by atoms with Crippen LogP contribution >= 0.6 is 15.9 Å². The Morgan fingerprint density at radius 2 is 1.55 bits per heavy atom. The second kappa shape index (κ2) is 7.96. The molecule has 0 aliphatic carbocycles. The summed E-state index contributed by atoms with van der Waals surface area (Å²) in [6.45, 7) is 3.81. The van der Waals surface area contributed by atoms with Crippen molar-refractivity contribution < 1.29 is 18.8 Å². The number of aromatic nitrogens is 1. The van der Waals surface area contributed by atoms with Gasteiger partial charge in [-0.2, -0.15) is 0 Å². The number of hydrogen-bond acceptors (Lipinski definition) is 3. The lowest BCUT2D eigenvalue weighted by Gasteiger charge is -2.26. The monoisotopic (exact) mass is 481 g/mol. The standard InChI is InChI=1S/C23H17BrFN3O3/c1-13-11-15(14(2)27(13)18-7-3-16(24)4-8-18)12-20-21(29)26-23(31)28(22(20)30)19-9-5-17(25)6-10-19/h3-12H,1-2H3,(H,26,29,31). The Balaban J connectivity index is 1.75. The van der Waals surface area contributed by atoms with Crippen LogP contribution < -0.4 is 10.2 Å². The van der Waals surface area contributed by atoms with Gasteiger partial charge in [0.25, 0.3) is 11.8 Å². The van der Waals surface area contributed by atoms with Crippen LogP contribution in [0.25, 0.3) is 11.8 Å². The number of barbiturate groups is 1. The topological polar surface area (TPSA) is 71.4 Å². The van der Waals surface area contributed by atoms with E-state index in [1.54, 1.807) is 0 Å². The minimum Gasteiger partial charge on any atom is -0.318 e. The first-order chi connectivity index (χ1) is 14.8. The fourth-order valence-corrected chi connectivity index (χ4v) is 3.82. The Bertz CT molecular complexity index is 1240. The van der Waals surface area contributed by atoms with E-state index >= 15 is 0 Å². The predicted molar refractivity (Wildman–Crippen MR) is 118 cm³/mol. The fourth-order valence-electron chi connectivity index (χ4n) is 3.56. The average Bonchev–Trinajstić information content (AvgIpc) is 3.00. The Morgan fingerprint density at radius 3 is 2.19 bits per heavy atom. The molecule has 1 aliphatic heterocycles. The molecule has 0 spiro atoms. The van der Waals surface area contributed by atoms with Crippen molar-refractivity contribution in [3.8, 4) is 5.69 Å². The molecule has 1 N–H and O–H groups in total. The number of carbonyl (C=O) groups excluding carboxylic acids is 3. The van der Waals surface area contributed by atoms with Gasteiger partial charge in [0.05, 0.1) is 5.69 Å². The number of anilines is 1.